The van der Waals surface area contributed by atoms with E-state index in [1.165, 1.54) is 0 Å². The molecule has 6 heteroatoms. The van der Waals surface area contributed by atoms with Crippen LogP contribution in [0.4, 0.5) is 0 Å². The second kappa shape index (κ2) is 7.33. The Hall–Kier alpha value is -2.24. The second-order valence-corrected chi connectivity index (χ2v) is 7.31. The maximum atomic E-state index is 12.4. The van der Waals surface area contributed by atoms with Gasteiger partial charge in [0.1, 0.15) is 0 Å². The third kappa shape index (κ3) is 4.06. The number of hydrogen-bond donors (Lipinski definition) is 0. The van der Waals surface area contributed by atoms with Crippen LogP contribution >= 0.6 is 0 Å². The van der Waals surface area contributed by atoms with Gasteiger partial charge in [-0.25, -0.2) is 0 Å². The summed E-state index contributed by atoms with van der Waals surface area (Å²) in [5, 5.41) is 0. The highest BCUT2D eigenvalue weighted by molar-refractivity contribution is 5.78. The monoisotopic (exact) mass is 342 g/mol. The molecule has 0 N–H and O–H groups in total. The molecule has 1 unspecified atom stereocenters. The smallest absolute Gasteiger partial charge is 0.226 e. The molecule has 2 aliphatic heterocycles. The number of rotatable bonds is 4. The van der Waals surface area contributed by atoms with Crippen molar-refractivity contribution in [3.8, 4) is 0 Å². The molecule has 2 amide bonds. The van der Waals surface area contributed by atoms with Gasteiger partial charge in [0.25, 0.3) is 0 Å². The minimum atomic E-state index is 0.0150. The molecule has 6 nitrogen and oxygen atoms in total. The van der Waals surface area contributed by atoms with E-state index in [0.717, 1.165) is 43.7 Å². The Kier molecular flexibility index (Phi) is 5.16. The molecule has 2 fully saturated rings. The average molecular weight is 342 g/mol. The Morgan fingerprint density at radius 1 is 1.32 bits per heavy atom. The summed E-state index contributed by atoms with van der Waals surface area (Å²) in [5.74, 6) is 0.310. The van der Waals surface area contributed by atoms with Crippen LogP contribution in [0.5, 0.6) is 0 Å². The van der Waals surface area contributed by atoms with Crippen LogP contribution in [0, 0.1) is 12.3 Å². The first-order valence-corrected chi connectivity index (χ1v) is 8.95. The Balaban J connectivity index is 1.70. The molecule has 0 aliphatic carbocycles. The predicted octanol–water partition coefficient (Wildman–Crippen LogP) is 2.09. The van der Waals surface area contributed by atoms with Crippen molar-refractivity contribution < 1.29 is 9.59 Å². The van der Waals surface area contributed by atoms with E-state index >= 15 is 0 Å². The number of amides is 2. The minimum Gasteiger partial charge on any atom is -0.342 e. The molecule has 2 aliphatic rings. The van der Waals surface area contributed by atoms with Gasteiger partial charge in [-0.3, -0.25) is 19.6 Å². The number of nitrogens with zero attached hydrogens (tertiary/aromatic N) is 4. The third-order valence-electron chi connectivity index (χ3n) is 5.27. The Morgan fingerprint density at radius 3 is 2.88 bits per heavy atom. The lowest BCUT2D eigenvalue weighted by Gasteiger charge is -2.48. The summed E-state index contributed by atoms with van der Waals surface area (Å²) in [6, 6.07) is 0. The summed E-state index contributed by atoms with van der Waals surface area (Å²) in [5.41, 5.74) is 1.70. The predicted molar refractivity (Wildman–Crippen MR) is 94.5 cm³/mol. The lowest BCUT2D eigenvalue weighted by molar-refractivity contribution is -0.143. The van der Waals surface area contributed by atoms with Crippen LogP contribution in [0.1, 0.15) is 43.5 Å². The van der Waals surface area contributed by atoms with Crippen LogP contribution in [0.15, 0.2) is 25.0 Å². The lowest BCUT2D eigenvalue weighted by atomic mass is 9.73. The van der Waals surface area contributed by atoms with Gasteiger partial charge in [-0.15, -0.1) is 6.58 Å². The third-order valence-corrected chi connectivity index (χ3v) is 5.27. The fourth-order valence-electron chi connectivity index (χ4n) is 3.95. The van der Waals surface area contributed by atoms with Gasteiger partial charge in [0.15, 0.2) is 0 Å². The van der Waals surface area contributed by atoms with Crippen molar-refractivity contribution in [3.05, 3.63) is 36.4 Å². The van der Waals surface area contributed by atoms with E-state index in [-0.39, 0.29) is 17.2 Å². The SMILES string of the molecule is C=CCC(=O)N1CCCC2(CCC(=O)N(Cc3cnc(C)cn3)C2)C1. The summed E-state index contributed by atoms with van der Waals surface area (Å²) < 4.78 is 0. The van der Waals surface area contributed by atoms with Crippen LogP contribution in [-0.2, 0) is 16.1 Å². The number of carbonyl (C=O) groups excluding carboxylic acids is 2. The molecule has 0 aromatic carbocycles. The molecular formula is C19H26N4O2. The van der Waals surface area contributed by atoms with Gasteiger partial charge >= 0.3 is 0 Å². The molecule has 1 spiro atoms. The zero-order valence-corrected chi connectivity index (χ0v) is 14.9. The van der Waals surface area contributed by atoms with Gasteiger partial charge in [-0.1, -0.05) is 6.08 Å². The van der Waals surface area contributed by atoms with E-state index in [9.17, 15) is 9.59 Å². The van der Waals surface area contributed by atoms with E-state index in [1.54, 1.807) is 18.5 Å². The van der Waals surface area contributed by atoms with E-state index in [1.807, 2.05) is 16.7 Å². The number of aromatic nitrogens is 2. The van der Waals surface area contributed by atoms with Gasteiger partial charge in [0.05, 0.1) is 24.1 Å². The molecule has 1 atom stereocenters. The van der Waals surface area contributed by atoms with Gasteiger partial charge in [0, 0.05) is 44.1 Å². The van der Waals surface area contributed by atoms with E-state index in [0.29, 0.717) is 25.9 Å². The topological polar surface area (TPSA) is 66.4 Å². The minimum absolute atomic E-state index is 0.0150. The van der Waals surface area contributed by atoms with Crippen molar-refractivity contribution in [2.45, 2.75) is 45.6 Å². The Labute approximate surface area is 148 Å². The van der Waals surface area contributed by atoms with Gasteiger partial charge in [-0.2, -0.15) is 0 Å². The Bertz CT molecular complexity index is 658. The molecule has 134 valence electrons. The molecule has 0 bridgehead atoms. The first-order valence-electron chi connectivity index (χ1n) is 8.95. The number of aryl methyl sites for hydroxylation is 1. The van der Waals surface area contributed by atoms with Crippen LogP contribution < -0.4 is 0 Å². The molecule has 1 aromatic heterocycles. The van der Waals surface area contributed by atoms with Crippen LogP contribution in [0.25, 0.3) is 0 Å². The van der Waals surface area contributed by atoms with Crippen LogP contribution in [-0.4, -0.2) is 51.2 Å². The molecule has 2 saturated heterocycles. The van der Waals surface area contributed by atoms with Crippen molar-refractivity contribution in [1.29, 1.82) is 0 Å². The first kappa shape index (κ1) is 17.6. The zero-order chi connectivity index (χ0) is 17.9. The van der Waals surface area contributed by atoms with E-state index in [4.69, 9.17) is 0 Å². The molecule has 3 rings (SSSR count). The maximum absolute atomic E-state index is 12.4. The quantitative estimate of drug-likeness (QED) is 0.786. The first-order chi connectivity index (χ1) is 12.0. The van der Waals surface area contributed by atoms with Crippen molar-refractivity contribution >= 4 is 11.8 Å². The number of likely N-dealkylation sites (tertiary alicyclic amines) is 2. The van der Waals surface area contributed by atoms with Gasteiger partial charge in [0.2, 0.25) is 11.8 Å². The molecule has 0 saturated carbocycles. The van der Waals surface area contributed by atoms with E-state index in [2.05, 4.69) is 16.5 Å². The van der Waals surface area contributed by atoms with Gasteiger partial charge in [-0.05, 0) is 26.2 Å². The number of piperidine rings is 2. The fourth-order valence-corrected chi connectivity index (χ4v) is 3.95. The molecule has 3 heterocycles. The van der Waals surface area contributed by atoms with E-state index < -0.39 is 0 Å². The summed E-state index contributed by atoms with van der Waals surface area (Å²) in [6.45, 7) is 8.30. The molecule has 25 heavy (non-hydrogen) atoms. The second-order valence-electron chi connectivity index (χ2n) is 7.31. The summed E-state index contributed by atoms with van der Waals surface area (Å²) in [6.07, 6.45) is 8.99. The fraction of sp³-hybridized carbons (Fsp3) is 0.579. The highest BCUT2D eigenvalue weighted by atomic mass is 16.2. The molecule has 1 aromatic rings. The number of hydrogen-bond acceptors (Lipinski definition) is 4. The van der Waals surface area contributed by atoms with Crippen molar-refractivity contribution in [1.82, 2.24) is 19.8 Å². The highest BCUT2D eigenvalue weighted by Crippen LogP contribution is 2.39. The van der Waals surface area contributed by atoms with Crippen molar-refractivity contribution in [2.24, 2.45) is 5.41 Å². The maximum Gasteiger partial charge on any atom is 0.226 e. The van der Waals surface area contributed by atoms with Crippen molar-refractivity contribution in [2.75, 3.05) is 19.6 Å². The van der Waals surface area contributed by atoms with Gasteiger partial charge < -0.3 is 9.80 Å². The molecular weight excluding hydrogens is 316 g/mol. The van der Waals surface area contributed by atoms with Crippen molar-refractivity contribution in [3.63, 3.8) is 0 Å². The summed E-state index contributed by atoms with van der Waals surface area (Å²) in [4.78, 5) is 37.1. The van der Waals surface area contributed by atoms with Crippen LogP contribution in [0.3, 0.4) is 0 Å². The molecule has 0 radical (unpaired) electrons. The average Bonchev–Trinajstić information content (AvgIpc) is 2.61. The summed E-state index contributed by atoms with van der Waals surface area (Å²) >= 11 is 0. The number of carbonyl (C=O) groups is 2. The lowest BCUT2D eigenvalue weighted by Crippen LogP contribution is -2.54. The summed E-state index contributed by atoms with van der Waals surface area (Å²) in [7, 11) is 0. The highest BCUT2D eigenvalue weighted by Gasteiger charge is 2.42. The standard InChI is InChI=1S/C19H26N4O2/c1-3-5-17(24)22-9-4-7-19(13-22)8-6-18(25)23(14-19)12-16-11-20-15(2)10-21-16/h3,10-11H,1,4-9,12-14H2,2H3. The Morgan fingerprint density at radius 2 is 2.16 bits per heavy atom. The normalized spacial score (nSPS) is 23.8. The van der Waals surface area contributed by atoms with Crippen LogP contribution in [0.2, 0.25) is 0 Å². The largest absolute Gasteiger partial charge is 0.342 e. The zero-order valence-electron chi connectivity index (χ0n) is 14.9.